The van der Waals surface area contributed by atoms with Gasteiger partial charge in [0.15, 0.2) is 0 Å². The maximum atomic E-state index is 11.9. The van der Waals surface area contributed by atoms with Gasteiger partial charge in [-0.2, -0.15) is 0 Å². The lowest BCUT2D eigenvalue weighted by atomic mass is 10.1. The SMILES string of the molecule is CC(NC(=O)CC(O)c1cc(Cl)cc(Cl)c1)c1ccco1. The van der Waals surface area contributed by atoms with E-state index in [-0.39, 0.29) is 18.4 Å². The normalized spacial score (nSPS) is 13.7. The topological polar surface area (TPSA) is 62.5 Å². The van der Waals surface area contributed by atoms with Crippen LogP contribution in [0.25, 0.3) is 0 Å². The van der Waals surface area contributed by atoms with Gasteiger partial charge in [0, 0.05) is 10.0 Å². The number of aliphatic hydroxyl groups excluding tert-OH is 1. The molecule has 0 spiro atoms. The lowest BCUT2D eigenvalue weighted by Crippen LogP contribution is -2.27. The van der Waals surface area contributed by atoms with E-state index in [0.717, 1.165) is 0 Å². The highest BCUT2D eigenvalue weighted by molar-refractivity contribution is 6.34. The van der Waals surface area contributed by atoms with Gasteiger partial charge in [-0.25, -0.2) is 0 Å². The number of halogens is 2. The van der Waals surface area contributed by atoms with Crippen LogP contribution in [0, 0.1) is 0 Å². The first-order chi connectivity index (χ1) is 9.95. The second-order valence-electron chi connectivity index (χ2n) is 4.73. The Hall–Kier alpha value is -1.49. The summed E-state index contributed by atoms with van der Waals surface area (Å²) >= 11 is 11.7. The fourth-order valence-electron chi connectivity index (χ4n) is 1.97. The molecule has 0 aliphatic carbocycles. The summed E-state index contributed by atoms with van der Waals surface area (Å²) in [6.07, 6.45) is 0.493. The van der Waals surface area contributed by atoms with Crippen LogP contribution in [0.5, 0.6) is 0 Å². The van der Waals surface area contributed by atoms with E-state index in [9.17, 15) is 9.90 Å². The Kier molecular flexibility index (Phi) is 5.28. The minimum atomic E-state index is -0.968. The van der Waals surface area contributed by atoms with Crippen molar-refractivity contribution < 1.29 is 14.3 Å². The summed E-state index contributed by atoms with van der Waals surface area (Å²) in [6, 6.07) is 8.00. The van der Waals surface area contributed by atoms with Crippen LogP contribution >= 0.6 is 23.2 Å². The second-order valence-corrected chi connectivity index (χ2v) is 5.60. The number of benzene rings is 1. The highest BCUT2D eigenvalue weighted by atomic mass is 35.5. The number of carbonyl (C=O) groups excluding carboxylic acids is 1. The van der Waals surface area contributed by atoms with Gasteiger partial charge in [0.25, 0.3) is 0 Å². The molecule has 2 atom stereocenters. The van der Waals surface area contributed by atoms with Crippen LogP contribution in [0.4, 0.5) is 0 Å². The van der Waals surface area contributed by atoms with Crippen LogP contribution in [-0.4, -0.2) is 11.0 Å². The average Bonchev–Trinajstić information content (AvgIpc) is 2.91. The quantitative estimate of drug-likeness (QED) is 0.875. The van der Waals surface area contributed by atoms with Crippen LogP contribution in [0.3, 0.4) is 0 Å². The molecule has 6 heteroatoms. The molecule has 4 nitrogen and oxygen atoms in total. The zero-order chi connectivity index (χ0) is 15.4. The van der Waals surface area contributed by atoms with Crippen molar-refractivity contribution >= 4 is 29.1 Å². The second kappa shape index (κ2) is 6.98. The molecule has 0 saturated heterocycles. The van der Waals surface area contributed by atoms with E-state index in [1.54, 1.807) is 43.5 Å². The molecular formula is C15H15Cl2NO3. The van der Waals surface area contributed by atoms with Gasteiger partial charge in [-0.1, -0.05) is 23.2 Å². The number of hydrogen-bond donors (Lipinski definition) is 2. The molecule has 2 rings (SSSR count). The molecule has 112 valence electrons. The van der Waals surface area contributed by atoms with E-state index in [4.69, 9.17) is 27.6 Å². The zero-order valence-electron chi connectivity index (χ0n) is 11.3. The number of furan rings is 1. The van der Waals surface area contributed by atoms with Crippen LogP contribution in [0.15, 0.2) is 41.0 Å². The van der Waals surface area contributed by atoms with Crippen LogP contribution < -0.4 is 5.32 Å². The third-order valence-corrected chi connectivity index (χ3v) is 3.43. The van der Waals surface area contributed by atoms with Crippen LogP contribution in [0.2, 0.25) is 10.0 Å². The van der Waals surface area contributed by atoms with Crippen molar-refractivity contribution in [2.45, 2.75) is 25.5 Å². The van der Waals surface area contributed by atoms with E-state index < -0.39 is 6.10 Å². The molecule has 0 bridgehead atoms. The minimum Gasteiger partial charge on any atom is -0.467 e. The molecule has 1 aromatic carbocycles. The van der Waals surface area contributed by atoms with Crippen molar-refractivity contribution in [2.75, 3.05) is 0 Å². The summed E-state index contributed by atoms with van der Waals surface area (Å²) in [7, 11) is 0. The predicted molar refractivity (Wildman–Crippen MR) is 81.3 cm³/mol. The van der Waals surface area contributed by atoms with E-state index in [2.05, 4.69) is 5.32 Å². The molecule has 0 saturated carbocycles. The molecule has 0 aliphatic heterocycles. The van der Waals surface area contributed by atoms with E-state index in [1.165, 1.54) is 0 Å². The third-order valence-electron chi connectivity index (χ3n) is 3.00. The number of hydrogen-bond acceptors (Lipinski definition) is 3. The average molecular weight is 328 g/mol. The Morgan fingerprint density at radius 2 is 2.00 bits per heavy atom. The highest BCUT2D eigenvalue weighted by Gasteiger charge is 2.17. The Morgan fingerprint density at radius 1 is 1.33 bits per heavy atom. The first kappa shape index (κ1) is 15.9. The van der Waals surface area contributed by atoms with Gasteiger partial charge < -0.3 is 14.8 Å². The number of nitrogens with one attached hydrogen (secondary N) is 1. The zero-order valence-corrected chi connectivity index (χ0v) is 12.9. The maximum Gasteiger partial charge on any atom is 0.223 e. The Balaban J connectivity index is 1.95. The van der Waals surface area contributed by atoms with Crippen molar-refractivity contribution in [1.82, 2.24) is 5.32 Å². The first-order valence-electron chi connectivity index (χ1n) is 6.42. The van der Waals surface area contributed by atoms with Crippen LogP contribution in [-0.2, 0) is 4.79 Å². The molecular weight excluding hydrogens is 313 g/mol. The van der Waals surface area contributed by atoms with E-state index in [0.29, 0.717) is 21.4 Å². The van der Waals surface area contributed by atoms with Gasteiger partial charge in [0.05, 0.1) is 24.8 Å². The highest BCUT2D eigenvalue weighted by Crippen LogP contribution is 2.25. The number of carbonyl (C=O) groups is 1. The summed E-state index contributed by atoms with van der Waals surface area (Å²) in [5, 5.41) is 13.7. The smallest absolute Gasteiger partial charge is 0.223 e. The number of amides is 1. The molecule has 1 heterocycles. The summed E-state index contributed by atoms with van der Waals surface area (Å²) in [4.78, 5) is 11.9. The molecule has 21 heavy (non-hydrogen) atoms. The molecule has 2 N–H and O–H groups in total. The Labute approximate surface area is 132 Å². The Morgan fingerprint density at radius 3 is 2.57 bits per heavy atom. The molecule has 0 aliphatic rings. The maximum absolute atomic E-state index is 11.9. The van der Waals surface area contributed by atoms with E-state index in [1.807, 2.05) is 0 Å². The van der Waals surface area contributed by atoms with Gasteiger partial charge in [-0.3, -0.25) is 4.79 Å². The van der Waals surface area contributed by atoms with Gasteiger partial charge in [0.2, 0.25) is 5.91 Å². The van der Waals surface area contributed by atoms with Crippen molar-refractivity contribution in [1.29, 1.82) is 0 Å². The standard InChI is InChI=1S/C15H15Cl2NO3/c1-9(14-3-2-4-21-14)18-15(20)8-13(19)10-5-11(16)7-12(17)6-10/h2-7,9,13,19H,8H2,1H3,(H,18,20). The minimum absolute atomic E-state index is 0.0816. The summed E-state index contributed by atoms with van der Waals surface area (Å²) in [6.45, 7) is 1.80. The van der Waals surface area contributed by atoms with Gasteiger partial charge in [-0.05, 0) is 42.8 Å². The van der Waals surface area contributed by atoms with Crippen molar-refractivity contribution in [2.24, 2.45) is 0 Å². The van der Waals surface area contributed by atoms with Gasteiger partial charge in [0.1, 0.15) is 5.76 Å². The largest absolute Gasteiger partial charge is 0.467 e. The van der Waals surface area contributed by atoms with Crippen LogP contribution in [0.1, 0.15) is 36.8 Å². The molecule has 0 radical (unpaired) electrons. The monoisotopic (exact) mass is 327 g/mol. The summed E-state index contributed by atoms with van der Waals surface area (Å²) < 4.78 is 5.21. The predicted octanol–water partition coefficient (Wildman–Crippen LogP) is 3.89. The van der Waals surface area contributed by atoms with Crippen molar-refractivity contribution in [3.05, 3.63) is 58.0 Å². The van der Waals surface area contributed by atoms with Crippen molar-refractivity contribution in [3.8, 4) is 0 Å². The lowest BCUT2D eigenvalue weighted by Gasteiger charge is -2.15. The molecule has 2 unspecified atom stereocenters. The van der Waals surface area contributed by atoms with Crippen molar-refractivity contribution in [3.63, 3.8) is 0 Å². The molecule has 0 fully saturated rings. The molecule has 1 amide bonds. The molecule has 2 aromatic rings. The fraction of sp³-hybridized carbons (Fsp3) is 0.267. The fourth-order valence-corrected chi connectivity index (χ4v) is 2.51. The molecule has 1 aromatic heterocycles. The number of rotatable bonds is 5. The Bertz CT molecular complexity index is 593. The van der Waals surface area contributed by atoms with Gasteiger partial charge in [-0.15, -0.1) is 0 Å². The van der Waals surface area contributed by atoms with E-state index >= 15 is 0 Å². The van der Waals surface area contributed by atoms with Gasteiger partial charge >= 0.3 is 0 Å². The summed E-state index contributed by atoms with van der Waals surface area (Å²) in [5.41, 5.74) is 0.508. The first-order valence-corrected chi connectivity index (χ1v) is 7.18. The lowest BCUT2D eigenvalue weighted by molar-refractivity contribution is -0.123. The summed E-state index contributed by atoms with van der Waals surface area (Å²) in [5.74, 6) is 0.367. The number of aliphatic hydroxyl groups is 1. The third kappa shape index (κ3) is 4.49.